The van der Waals surface area contributed by atoms with E-state index in [9.17, 15) is 2.74 Å². The third-order valence-corrected chi connectivity index (χ3v) is 7.34. The average molecular weight is 577 g/mol. The zero-order chi connectivity index (χ0) is 38.6. The van der Waals surface area contributed by atoms with Gasteiger partial charge in [-0.05, 0) is 35.8 Å². The molecule has 0 fully saturated rings. The highest BCUT2D eigenvalue weighted by atomic mass is 16.3. The molecule has 6 aromatic carbocycles. The molecule has 0 amide bonds. The third kappa shape index (κ3) is 3.98. The summed E-state index contributed by atoms with van der Waals surface area (Å²) in [5.74, 6) is -0.604. The van der Waals surface area contributed by atoms with Gasteiger partial charge in [0.2, 0.25) is 0 Å². The summed E-state index contributed by atoms with van der Waals surface area (Å²) in [6.45, 7) is 0. The van der Waals surface area contributed by atoms with Gasteiger partial charge >= 0.3 is 0 Å². The summed E-state index contributed by atoms with van der Waals surface area (Å²) in [5, 5.41) is 1.62. The van der Waals surface area contributed by atoms with Crippen LogP contribution in [0.3, 0.4) is 0 Å². The second-order valence-corrected chi connectivity index (χ2v) is 9.99. The van der Waals surface area contributed by atoms with E-state index in [4.69, 9.17) is 21.2 Å². The zero-order valence-corrected chi connectivity index (χ0v) is 22.6. The van der Waals surface area contributed by atoms with Gasteiger partial charge in [0.05, 0.1) is 15.1 Å². The number of fused-ring (bicyclic) bond motifs is 6. The van der Waals surface area contributed by atoms with Crippen molar-refractivity contribution in [1.29, 1.82) is 0 Å². The molecule has 9 rings (SSSR count). The van der Waals surface area contributed by atoms with Crippen LogP contribution in [-0.2, 0) is 0 Å². The second kappa shape index (κ2) is 9.75. The standard InChI is InChI=1S/C39H23N3O2/c1-3-10-24(11-4-1)37-40-38(25-12-5-2-6-13-25)42-39(41-37)27-19-21-31-32-16-9-15-28(36(32)44-35(31)23-27)26-18-20-30-29-14-7-8-17-33(29)43-34(30)22-26/h1-23H/i1D,3D,4D,9D,10D,11D,15D,16D,19D,21D,23D. The minimum atomic E-state index is -0.609. The van der Waals surface area contributed by atoms with Gasteiger partial charge in [-0.15, -0.1) is 0 Å². The van der Waals surface area contributed by atoms with Gasteiger partial charge in [-0.1, -0.05) is 109 Å². The van der Waals surface area contributed by atoms with E-state index in [-0.39, 0.29) is 62.1 Å². The van der Waals surface area contributed by atoms with Crippen molar-refractivity contribution >= 4 is 43.9 Å². The summed E-state index contributed by atoms with van der Waals surface area (Å²) < 4.78 is 108. The van der Waals surface area contributed by atoms with Crippen LogP contribution in [0, 0.1) is 0 Å². The minimum Gasteiger partial charge on any atom is -0.456 e. The van der Waals surface area contributed by atoms with Gasteiger partial charge in [-0.3, -0.25) is 0 Å². The summed E-state index contributed by atoms with van der Waals surface area (Å²) in [5.41, 5.74) is 1.36. The van der Waals surface area contributed by atoms with E-state index in [1.807, 2.05) is 30.3 Å². The molecular formula is C39H23N3O2. The van der Waals surface area contributed by atoms with Crippen molar-refractivity contribution in [2.75, 3.05) is 0 Å². The quantitative estimate of drug-likeness (QED) is 0.209. The Kier molecular flexibility index (Phi) is 3.54. The number of rotatable bonds is 4. The molecule has 3 heterocycles. The fraction of sp³-hybridized carbons (Fsp3) is 0. The predicted octanol–water partition coefficient (Wildman–Crippen LogP) is 10.3. The lowest BCUT2D eigenvalue weighted by molar-refractivity contribution is 0.668. The molecule has 3 aromatic heterocycles. The molecule has 5 heteroatoms. The van der Waals surface area contributed by atoms with Gasteiger partial charge in [0.15, 0.2) is 17.5 Å². The number of nitrogens with zero attached hydrogens (tertiary/aromatic N) is 3. The Hall–Kier alpha value is -6.07. The van der Waals surface area contributed by atoms with Crippen LogP contribution in [0.15, 0.2) is 148 Å². The van der Waals surface area contributed by atoms with E-state index in [0.29, 0.717) is 22.3 Å². The molecule has 0 saturated heterocycles. The lowest BCUT2D eigenvalue weighted by Gasteiger charge is -2.08. The molecule has 0 spiro atoms. The Bertz CT molecular complexity index is 3100. The van der Waals surface area contributed by atoms with Gasteiger partial charge in [0.25, 0.3) is 0 Å². The van der Waals surface area contributed by atoms with E-state index >= 15 is 0 Å². The van der Waals surface area contributed by atoms with Gasteiger partial charge in [-0.2, -0.15) is 0 Å². The maximum atomic E-state index is 9.37. The molecule has 0 atom stereocenters. The Balaban J connectivity index is 1.33. The first-order chi connectivity index (χ1) is 26.4. The highest BCUT2D eigenvalue weighted by Crippen LogP contribution is 2.39. The molecule has 0 radical (unpaired) electrons. The predicted molar refractivity (Wildman–Crippen MR) is 176 cm³/mol. The number of aromatic nitrogens is 3. The maximum Gasteiger partial charge on any atom is 0.164 e. The molecule has 0 bridgehead atoms. The van der Waals surface area contributed by atoms with Crippen molar-refractivity contribution in [2.45, 2.75) is 0 Å². The lowest BCUT2D eigenvalue weighted by atomic mass is 10.0. The van der Waals surface area contributed by atoms with Gasteiger partial charge in [-0.25, -0.2) is 15.0 Å². The minimum absolute atomic E-state index is 0.0110. The molecule has 0 saturated carbocycles. The Labute approximate surface area is 267 Å². The molecule has 0 N–H and O–H groups in total. The molecular weight excluding hydrogens is 542 g/mol. The summed E-state index contributed by atoms with van der Waals surface area (Å²) >= 11 is 0. The SMILES string of the molecule is [2H]c1c([2H])c([2H])c(-c2nc(-c3ccccc3)nc(-c3c([2H])c([2H])c4c(oc5c(-c6ccc7c(c6)oc6ccccc67)c([2H])c([2H])c([2H])c54)c3[2H])n2)c([2H])c1[2H]. The van der Waals surface area contributed by atoms with Crippen LogP contribution in [0.25, 0.3) is 89.2 Å². The third-order valence-electron chi connectivity index (χ3n) is 7.34. The number of hydrogen-bond acceptors (Lipinski definition) is 5. The Morgan fingerprint density at radius 1 is 0.455 bits per heavy atom. The summed E-state index contributed by atoms with van der Waals surface area (Å²) in [4.78, 5) is 13.5. The number of para-hydroxylation sites is 2. The second-order valence-electron chi connectivity index (χ2n) is 9.99. The number of furan rings is 2. The van der Waals surface area contributed by atoms with E-state index < -0.39 is 60.4 Å². The van der Waals surface area contributed by atoms with E-state index in [1.54, 1.807) is 42.5 Å². The van der Waals surface area contributed by atoms with Crippen molar-refractivity contribution in [3.63, 3.8) is 0 Å². The maximum absolute atomic E-state index is 9.37. The van der Waals surface area contributed by atoms with E-state index in [2.05, 4.69) is 15.0 Å². The lowest BCUT2D eigenvalue weighted by Crippen LogP contribution is -2.00. The van der Waals surface area contributed by atoms with Crippen molar-refractivity contribution in [3.8, 4) is 45.3 Å². The number of hydrogen-bond donors (Lipinski definition) is 0. The van der Waals surface area contributed by atoms with E-state index in [1.165, 1.54) is 0 Å². The van der Waals surface area contributed by atoms with Crippen molar-refractivity contribution < 1.29 is 23.9 Å². The Morgan fingerprint density at radius 3 is 2.07 bits per heavy atom. The summed E-state index contributed by atoms with van der Waals surface area (Å²) in [7, 11) is 0. The highest BCUT2D eigenvalue weighted by Gasteiger charge is 2.17. The molecule has 0 aliphatic rings. The zero-order valence-electron chi connectivity index (χ0n) is 33.6. The normalized spacial score (nSPS) is 15.1. The molecule has 206 valence electrons. The van der Waals surface area contributed by atoms with Crippen LogP contribution in [0.5, 0.6) is 0 Å². The summed E-state index contributed by atoms with van der Waals surface area (Å²) in [6.07, 6.45) is 0. The van der Waals surface area contributed by atoms with Crippen molar-refractivity contribution in [3.05, 3.63) is 139 Å². The Morgan fingerprint density at radius 2 is 1.20 bits per heavy atom. The van der Waals surface area contributed by atoms with Crippen LogP contribution in [0.4, 0.5) is 0 Å². The van der Waals surface area contributed by atoms with E-state index in [0.717, 1.165) is 10.8 Å². The van der Waals surface area contributed by atoms with Gasteiger partial charge < -0.3 is 8.83 Å². The summed E-state index contributed by atoms with van der Waals surface area (Å²) in [6, 6.07) is 15.8. The molecule has 5 nitrogen and oxygen atoms in total. The van der Waals surface area contributed by atoms with Crippen LogP contribution in [0.1, 0.15) is 15.1 Å². The molecule has 44 heavy (non-hydrogen) atoms. The average Bonchev–Trinajstić information content (AvgIpc) is 3.77. The molecule has 9 aromatic rings. The fourth-order valence-electron chi connectivity index (χ4n) is 5.29. The van der Waals surface area contributed by atoms with Crippen LogP contribution in [-0.4, -0.2) is 15.0 Å². The molecule has 0 aliphatic heterocycles. The van der Waals surface area contributed by atoms with Crippen LogP contribution >= 0.6 is 0 Å². The first-order valence-corrected chi connectivity index (χ1v) is 13.6. The fourth-order valence-corrected chi connectivity index (χ4v) is 5.29. The molecule has 0 aliphatic carbocycles. The smallest absolute Gasteiger partial charge is 0.164 e. The van der Waals surface area contributed by atoms with Crippen molar-refractivity contribution in [2.24, 2.45) is 0 Å². The largest absolute Gasteiger partial charge is 0.456 e. The van der Waals surface area contributed by atoms with Crippen molar-refractivity contribution in [1.82, 2.24) is 15.0 Å². The first kappa shape index (κ1) is 16.0. The molecule has 0 unspecified atom stereocenters. The van der Waals surface area contributed by atoms with Crippen LogP contribution < -0.4 is 0 Å². The number of benzene rings is 6. The first-order valence-electron chi connectivity index (χ1n) is 19.1. The van der Waals surface area contributed by atoms with Gasteiger partial charge in [0, 0.05) is 43.8 Å². The van der Waals surface area contributed by atoms with Gasteiger partial charge in [0.1, 0.15) is 22.3 Å². The van der Waals surface area contributed by atoms with Crippen LogP contribution in [0.2, 0.25) is 0 Å². The highest BCUT2D eigenvalue weighted by molar-refractivity contribution is 6.11. The topological polar surface area (TPSA) is 65.0 Å². The monoisotopic (exact) mass is 576 g/mol.